The molecule has 0 aromatic heterocycles. The van der Waals surface area contributed by atoms with Crippen molar-refractivity contribution in [1.29, 1.82) is 0 Å². The minimum absolute atomic E-state index is 0.0356. The Morgan fingerprint density at radius 2 is 1.75 bits per heavy atom. The number of hydrogen-bond acceptors (Lipinski definition) is 8. The topological polar surface area (TPSA) is 101 Å². The summed E-state index contributed by atoms with van der Waals surface area (Å²) in [6, 6.07) is 0.103. The lowest BCUT2D eigenvalue weighted by Crippen LogP contribution is -2.62. The number of hydrogen-bond donors (Lipinski definition) is 5. The molecular formula is C35H70N6O3. The summed E-state index contributed by atoms with van der Waals surface area (Å²) < 4.78 is 5.27. The van der Waals surface area contributed by atoms with Crippen LogP contribution in [0.25, 0.3) is 0 Å². The molecule has 3 aliphatic rings. The number of carbonyl (C=O) groups is 1. The van der Waals surface area contributed by atoms with Gasteiger partial charge in [-0.15, -0.1) is 0 Å². The van der Waals surface area contributed by atoms with Crippen molar-refractivity contribution < 1.29 is 14.6 Å². The molecule has 9 heteroatoms. The third kappa shape index (κ3) is 12.1. The van der Waals surface area contributed by atoms with Crippen LogP contribution in [0.4, 0.5) is 0 Å². The highest BCUT2D eigenvalue weighted by molar-refractivity contribution is 5.79. The summed E-state index contributed by atoms with van der Waals surface area (Å²) >= 11 is 0. The SMILES string of the molecule is CNC(NCCCOC)C(CNCC(C)(C)C)C(O)N(CC(C)C)[C@@H]1CNC[C@H](C(=O)N2CCC(C3CCCCC3)CC2)C1. The van der Waals surface area contributed by atoms with Gasteiger partial charge in [0.15, 0.2) is 0 Å². The Bertz CT molecular complexity index is 794. The van der Waals surface area contributed by atoms with Crippen LogP contribution >= 0.6 is 0 Å². The first-order valence-corrected chi connectivity index (χ1v) is 18.1. The quantitative estimate of drug-likeness (QED) is 0.124. The van der Waals surface area contributed by atoms with Crippen molar-refractivity contribution in [2.45, 2.75) is 111 Å². The number of nitrogens with one attached hydrogen (secondary N) is 4. The first kappa shape index (κ1) is 37.6. The van der Waals surface area contributed by atoms with Gasteiger partial charge in [-0.1, -0.05) is 66.7 Å². The van der Waals surface area contributed by atoms with E-state index in [1.165, 1.54) is 44.9 Å². The van der Waals surface area contributed by atoms with E-state index >= 15 is 0 Å². The maximum atomic E-state index is 13.9. The molecule has 9 nitrogen and oxygen atoms in total. The fourth-order valence-corrected chi connectivity index (χ4v) is 7.91. The Kier molecular flexibility index (Phi) is 16.4. The normalized spacial score (nSPS) is 25.0. The highest BCUT2D eigenvalue weighted by Gasteiger charge is 2.40. The summed E-state index contributed by atoms with van der Waals surface area (Å²) in [5.74, 6) is 2.28. The van der Waals surface area contributed by atoms with Crippen LogP contribution in [0.1, 0.15) is 92.4 Å². The van der Waals surface area contributed by atoms with Gasteiger partial charge in [-0.05, 0) is 62.4 Å². The Morgan fingerprint density at radius 3 is 2.36 bits per heavy atom. The Balaban J connectivity index is 1.68. The largest absolute Gasteiger partial charge is 0.385 e. The van der Waals surface area contributed by atoms with Crippen LogP contribution < -0.4 is 21.3 Å². The number of aliphatic hydroxyl groups is 1. The van der Waals surface area contributed by atoms with Gasteiger partial charge in [-0.25, -0.2) is 0 Å². The second-order valence-corrected chi connectivity index (χ2v) is 15.7. The van der Waals surface area contributed by atoms with E-state index in [1.54, 1.807) is 7.11 Å². The standard InChI is InChI=1S/C35H70N6O3/c1-26(2)24-41(34(43)31(23-38-25-35(3,4)5)32(36-6)39-16-11-19-44-7)30-20-29(21-37-22-30)33(42)40-17-14-28(15-18-40)27-12-9-8-10-13-27/h26-32,34,36-39,43H,8-25H2,1-7H3/t29-,30+,31?,32?,34?/m1/s1. The zero-order chi connectivity index (χ0) is 32.1. The molecule has 0 radical (unpaired) electrons. The predicted molar refractivity (Wildman–Crippen MR) is 181 cm³/mol. The van der Waals surface area contributed by atoms with Crippen molar-refractivity contribution in [2.75, 3.05) is 73.1 Å². The molecule has 1 amide bonds. The summed E-state index contributed by atoms with van der Waals surface area (Å²) in [7, 11) is 3.70. The Labute approximate surface area is 270 Å². The second-order valence-electron chi connectivity index (χ2n) is 15.7. The van der Waals surface area contributed by atoms with Crippen molar-refractivity contribution in [2.24, 2.45) is 35.0 Å². The first-order valence-electron chi connectivity index (χ1n) is 18.1. The van der Waals surface area contributed by atoms with Crippen molar-refractivity contribution in [3.63, 3.8) is 0 Å². The molecule has 0 aromatic carbocycles. The third-order valence-corrected chi connectivity index (χ3v) is 10.3. The van der Waals surface area contributed by atoms with E-state index in [1.807, 2.05) is 7.05 Å². The summed E-state index contributed by atoms with van der Waals surface area (Å²) in [4.78, 5) is 18.3. The van der Waals surface area contributed by atoms with E-state index in [0.29, 0.717) is 25.0 Å². The number of piperidine rings is 2. The highest BCUT2D eigenvalue weighted by Crippen LogP contribution is 2.36. The van der Waals surface area contributed by atoms with Gasteiger partial charge >= 0.3 is 0 Å². The maximum Gasteiger partial charge on any atom is 0.227 e. The molecule has 1 aliphatic carbocycles. The molecular weight excluding hydrogens is 552 g/mol. The van der Waals surface area contributed by atoms with Gasteiger partial charge in [0.25, 0.3) is 0 Å². The van der Waals surface area contributed by atoms with Crippen molar-refractivity contribution in [1.82, 2.24) is 31.1 Å². The van der Waals surface area contributed by atoms with Gasteiger partial charge in [0.2, 0.25) is 5.91 Å². The molecule has 3 rings (SSSR count). The van der Waals surface area contributed by atoms with Gasteiger partial charge in [-0.2, -0.15) is 0 Å². The highest BCUT2D eigenvalue weighted by atomic mass is 16.5. The van der Waals surface area contributed by atoms with Gasteiger partial charge < -0.3 is 36.0 Å². The molecule has 0 bridgehead atoms. The molecule has 44 heavy (non-hydrogen) atoms. The number of methoxy groups -OCH3 is 1. The molecule has 1 saturated carbocycles. The van der Waals surface area contributed by atoms with Crippen LogP contribution in [0.2, 0.25) is 0 Å². The number of ether oxygens (including phenoxy) is 1. The van der Waals surface area contributed by atoms with Crippen LogP contribution in [-0.4, -0.2) is 112 Å². The molecule has 5 atom stereocenters. The van der Waals surface area contributed by atoms with Crippen LogP contribution in [0.5, 0.6) is 0 Å². The summed E-state index contributed by atoms with van der Waals surface area (Å²) in [6.07, 6.45) is 10.3. The number of carbonyl (C=O) groups excluding carboxylic acids is 1. The van der Waals surface area contributed by atoms with Crippen molar-refractivity contribution in [3.8, 4) is 0 Å². The monoisotopic (exact) mass is 623 g/mol. The van der Waals surface area contributed by atoms with Crippen LogP contribution in [0.3, 0.4) is 0 Å². The number of amides is 1. The minimum atomic E-state index is -0.663. The average Bonchev–Trinajstić information content (AvgIpc) is 3.02. The van der Waals surface area contributed by atoms with E-state index in [2.05, 4.69) is 65.7 Å². The van der Waals surface area contributed by atoms with E-state index in [0.717, 1.165) is 70.5 Å². The second kappa shape index (κ2) is 19.1. The molecule has 5 N–H and O–H groups in total. The molecule has 2 heterocycles. The average molecular weight is 623 g/mol. The van der Waals surface area contributed by atoms with Gasteiger partial charge in [0.1, 0.15) is 6.23 Å². The lowest BCUT2D eigenvalue weighted by atomic mass is 9.75. The number of aliphatic hydroxyl groups excluding tert-OH is 1. The van der Waals surface area contributed by atoms with E-state index in [-0.39, 0.29) is 29.5 Å². The van der Waals surface area contributed by atoms with E-state index < -0.39 is 6.23 Å². The first-order chi connectivity index (χ1) is 21.0. The van der Waals surface area contributed by atoms with Crippen LogP contribution in [-0.2, 0) is 9.53 Å². The Morgan fingerprint density at radius 1 is 1.07 bits per heavy atom. The van der Waals surface area contributed by atoms with Crippen molar-refractivity contribution in [3.05, 3.63) is 0 Å². The molecule has 3 unspecified atom stereocenters. The Hall–Kier alpha value is -0.810. The van der Waals surface area contributed by atoms with Gasteiger partial charge in [0.05, 0.1) is 12.1 Å². The van der Waals surface area contributed by atoms with Crippen molar-refractivity contribution >= 4 is 5.91 Å². The summed E-state index contributed by atoms with van der Waals surface area (Å²) in [5, 5.41) is 26.6. The molecule has 0 spiro atoms. The molecule has 258 valence electrons. The maximum absolute atomic E-state index is 13.9. The summed E-state index contributed by atoms with van der Waals surface area (Å²) in [5.41, 5.74) is 0.153. The van der Waals surface area contributed by atoms with Crippen LogP contribution in [0.15, 0.2) is 0 Å². The molecule has 3 fully saturated rings. The van der Waals surface area contributed by atoms with Gasteiger partial charge in [-0.3, -0.25) is 9.69 Å². The van der Waals surface area contributed by atoms with E-state index in [4.69, 9.17) is 4.74 Å². The van der Waals surface area contributed by atoms with Gasteiger partial charge in [0, 0.05) is 71.5 Å². The smallest absolute Gasteiger partial charge is 0.227 e. The number of rotatable bonds is 17. The fraction of sp³-hybridized carbons (Fsp3) is 0.971. The zero-order valence-electron chi connectivity index (χ0n) is 29.5. The zero-order valence-corrected chi connectivity index (χ0v) is 29.5. The fourth-order valence-electron chi connectivity index (χ4n) is 7.91. The molecule has 2 saturated heterocycles. The lowest BCUT2D eigenvalue weighted by molar-refractivity contribution is -0.140. The number of nitrogens with zero attached hydrogens (tertiary/aromatic N) is 2. The van der Waals surface area contributed by atoms with Crippen LogP contribution in [0, 0.1) is 35.0 Å². The molecule has 0 aromatic rings. The predicted octanol–water partition coefficient (Wildman–Crippen LogP) is 3.48. The summed E-state index contributed by atoms with van der Waals surface area (Å²) in [6.45, 7) is 18.4. The van der Waals surface area contributed by atoms with E-state index in [9.17, 15) is 9.90 Å². The minimum Gasteiger partial charge on any atom is -0.385 e. The number of likely N-dealkylation sites (tertiary alicyclic amines) is 1. The third-order valence-electron chi connectivity index (χ3n) is 10.3. The lowest BCUT2D eigenvalue weighted by Gasteiger charge is -2.45. The molecule has 2 aliphatic heterocycles.